The number of hydrogen-bond acceptors (Lipinski definition) is 3. The number of carbonyl (C=O) groups excluding carboxylic acids is 1. The summed E-state index contributed by atoms with van der Waals surface area (Å²) in [5.74, 6) is 1.03. The van der Waals surface area contributed by atoms with Gasteiger partial charge in [-0.1, -0.05) is 19.8 Å². The standard InChI is InChI=1S/C16H33N3O.2ClH/c1-3-11-18(2)13-15-9-12-19(14-15)16(20)8-6-4-5-7-10-17;;/h15H,3-14,17H2,1-2H3;2*1H. The molecule has 0 spiro atoms. The highest BCUT2D eigenvalue weighted by Crippen LogP contribution is 2.19. The van der Waals surface area contributed by atoms with Crippen LogP contribution in [-0.4, -0.2) is 55.5 Å². The van der Waals surface area contributed by atoms with Gasteiger partial charge >= 0.3 is 0 Å². The number of amides is 1. The normalized spacial score (nSPS) is 17.3. The zero-order valence-corrected chi connectivity index (χ0v) is 15.9. The molecule has 134 valence electrons. The van der Waals surface area contributed by atoms with E-state index in [2.05, 4.69) is 23.8 Å². The minimum absolute atomic E-state index is 0. The van der Waals surface area contributed by atoms with Gasteiger partial charge in [-0.2, -0.15) is 0 Å². The van der Waals surface area contributed by atoms with Crippen LogP contribution in [0.5, 0.6) is 0 Å². The van der Waals surface area contributed by atoms with Crippen molar-refractivity contribution in [1.82, 2.24) is 9.80 Å². The van der Waals surface area contributed by atoms with Gasteiger partial charge in [0, 0.05) is 26.1 Å². The summed E-state index contributed by atoms with van der Waals surface area (Å²) in [5.41, 5.74) is 5.47. The van der Waals surface area contributed by atoms with E-state index in [0.29, 0.717) is 11.8 Å². The molecular weight excluding hydrogens is 321 g/mol. The zero-order chi connectivity index (χ0) is 14.8. The summed E-state index contributed by atoms with van der Waals surface area (Å²) in [4.78, 5) is 16.6. The van der Waals surface area contributed by atoms with Crippen molar-refractivity contribution in [2.45, 2.75) is 51.9 Å². The molecule has 4 nitrogen and oxygen atoms in total. The first-order valence-electron chi connectivity index (χ1n) is 8.33. The maximum Gasteiger partial charge on any atom is 0.222 e. The van der Waals surface area contributed by atoms with Crippen LogP contribution in [0.25, 0.3) is 0 Å². The molecule has 1 amide bonds. The van der Waals surface area contributed by atoms with Crippen LogP contribution in [0.1, 0.15) is 51.9 Å². The molecule has 0 aliphatic carbocycles. The summed E-state index contributed by atoms with van der Waals surface area (Å²) in [6, 6.07) is 0. The Morgan fingerprint density at radius 3 is 2.55 bits per heavy atom. The van der Waals surface area contributed by atoms with E-state index >= 15 is 0 Å². The van der Waals surface area contributed by atoms with Crippen LogP contribution in [0, 0.1) is 5.92 Å². The molecule has 1 unspecified atom stereocenters. The lowest BCUT2D eigenvalue weighted by Gasteiger charge is -2.21. The molecule has 0 radical (unpaired) electrons. The van der Waals surface area contributed by atoms with Gasteiger partial charge in [0.1, 0.15) is 0 Å². The van der Waals surface area contributed by atoms with Crippen LogP contribution < -0.4 is 5.73 Å². The van der Waals surface area contributed by atoms with Crippen LogP contribution in [0.2, 0.25) is 0 Å². The minimum Gasteiger partial charge on any atom is -0.342 e. The third kappa shape index (κ3) is 9.88. The lowest BCUT2D eigenvalue weighted by atomic mass is 10.1. The minimum atomic E-state index is 0. The Morgan fingerprint density at radius 1 is 1.23 bits per heavy atom. The summed E-state index contributed by atoms with van der Waals surface area (Å²) in [5, 5.41) is 0. The van der Waals surface area contributed by atoms with Gasteiger partial charge in [0.2, 0.25) is 5.91 Å². The number of nitrogens with two attached hydrogens (primary N) is 1. The monoisotopic (exact) mass is 355 g/mol. The number of rotatable bonds is 10. The first-order valence-corrected chi connectivity index (χ1v) is 8.33. The van der Waals surface area contributed by atoms with Crippen molar-refractivity contribution >= 4 is 30.7 Å². The molecule has 0 aromatic rings. The maximum absolute atomic E-state index is 12.1. The molecule has 0 saturated carbocycles. The van der Waals surface area contributed by atoms with Crippen molar-refractivity contribution in [2.24, 2.45) is 11.7 Å². The van der Waals surface area contributed by atoms with E-state index in [1.54, 1.807) is 0 Å². The Morgan fingerprint density at radius 2 is 1.91 bits per heavy atom. The highest BCUT2D eigenvalue weighted by Gasteiger charge is 2.26. The van der Waals surface area contributed by atoms with Gasteiger partial charge in [-0.05, 0) is 51.7 Å². The predicted molar refractivity (Wildman–Crippen MR) is 99.1 cm³/mol. The molecular formula is C16H35Cl2N3O. The number of nitrogens with zero attached hydrogens (tertiary/aromatic N) is 2. The van der Waals surface area contributed by atoms with Gasteiger partial charge in [0.25, 0.3) is 0 Å². The van der Waals surface area contributed by atoms with Crippen LogP contribution in [0.4, 0.5) is 0 Å². The molecule has 1 aliphatic rings. The van der Waals surface area contributed by atoms with Crippen molar-refractivity contribution in [2.75, 3.05) is 39.8 Å². The molecule has 1 aliphatic heterocycles. The van der Waals surface area contributed by atoms with Gasteiger partial charge in [0.15, 0.2) is 0 Å². The second-order valence-corrected chi connectivity index (χ2v) is 6.21. The van der Waals surface area contributed by atoms with E-state index in [1.165, 1.54) is 12.8 Å². The topological polar surface area (TPSA) is 49.6 Å². The number of likely N-dealkylation sites (tertiary alicyclic amines) is 1. The Balaban J connectivity index is 0. The Labute approximate surface area is 149 Å². The maximum atomic E-state index is 12.1. The molecule has 2 N–H and O–H groups in total. The van der Waals surface area contributed by atoms with Crippen LogP contribution in [-0.2, 0) is 4.79 Å². The largest absolute Gasteiger partial charge is 0.342 e. The van der Waals surface area contributed by atoms with Crippen molar-refractivity contribution in [3.63, 3.8) is 0 Å². The summed E-state index contributed by atoms with van der Waals surface area (Å²) in [6.07, 6.45) is 7.51. The Hall–Kier alpha value is -0.0300. The summed E-state index contributed by atoms with van der Waals surface area (Å²) in [7, 11) is 2.19. The quantitative estimate of drug-likeness (QED) is 0.613. The second-order valence-electron chi connectivity index (χ2n) is 6.21. The third-order valence-electron chi connectivity index (χ3n) is 4.16. The summed E-state index contributed by atoms with van der Waals surface area (Å²) >= 11 is 0. The SMILES string of the molecule is CCCN(C)CC1CCN(C(=O)CCCCCCN)C1.Cl.Cl. The first-order chi connectivity index (χ1) is 9.67. The van der Waals surface area contributed by atoms with E-state index < -0.39 is 0 Å². The van der Waals surface area contributed by atoms with Gasteiger partial charge in [0.05, 0.1) is 0 Å². The Bertz CT molecular complexity index is 280. The van der Waals surface area contributed by atoms with Crippen LogP contribution in [0.3, 0.4) is 0 Å². The molecule has 22 heavy (non-hydrogen) atoms. The fraction of sp³-hybridized carbons (Fsp3) is 0.938. The third-order valence-corrected chi connectivity index (χ3v) is 4.16. The Kier molecular flexibility index (Phi) is 16.0. The second kappa shape index (κ2) is 14.6. The number of hydrogen-bond donors (Lipinski definition) is 1. The average molecular weight is 356 g/mol. The van der Waals surface area contributed by atoms with Crippen molar-refractivity contribution in [3.8, 4) is 0 Å². The van der Waals surface area contributed by atoms with Crippen molar-refractivity contribution in [3.05, 3.63) is 0 Å². The van der Waals surface area contributed by atoms with Crippen LogP contribution in [0.15, 0.2) is 0 Å². The van der Waals surface area contributed by atoms with Gasteiger partial charge in [-0.3, -0.25) is 4.79 Å². The van der Waals surface area contributed by atoms with E-state index in [9.17, 15) is 4.79 Å². The molecule has 1 heterocycles. The zero-order valence-electron chi connectivity index (χ0n) is 14.3. The molecule has 1 atom stereocenters. The molecule has 1 rings (SSSR count). The van der Waals surface area contributed by atoms with Crippen molar-refractivity contribution in [1.29, 1.82) is 0 Å². The van der Waals surface area contributed by atoms with E-state index in [1.807, 2.05) is 0 Å². The van der Waals surface area contributed by atoms with Crippen LogP contribution >= 0.6 is 24.8 Å². The molecule has 0 bridgehead atoms. The van der Waals surface area contributed by atoms with E-state index in [-0.39, 0.29) is 24.8 Å². The lowest BCUT2D eigenvalue weighted by Crippen LogP contribution is -2.31. The number of unbranched alkanes of at least 4 members (excludes halogenated alkanes) is 3. The molecule has 1 saturated heterocycles. The molecule has 1 fully saturated rings. The van der Waals surface area contributed by atoms with Gasteiger partial charge in [-0.25, -0.2) is 0 Å². The lowest BCUT2D eigenvalue weighted by molar-refractivity contribution is -0.130. The number of halogens is 2. The highest BCUT2D eigenvalue weighted by molar-refractivity contribution is 5.85. The smallest absolute Gasteiger partial charge is 0.222 e. The average Bonchev–Trinajstić information content (AvgIpc) is 2.87. The molecule has 0 aromatic carbocycles. The summed E-state index contributed by atoms with van der Waals surface area (Å²) in [6.45, 7) is 7.21. The van der Waals surface area contributed by atoms with E-state index in [4.69, 9.17) is 5.73 Å². The molecule has 6 heteroatoms. The van der Waals surface area contributed by atoms with Gasteiger partial charge in [-0.15, -0.1) is 24.8 Å². The predicted octanol–water partition coefficient (Wildman–Crippen LogP) is 2.93. The first kappa shape index (κ1) is 24.2. The summed E-state index contributed by atoms with van der Waals surface area (Å²) < 4.78 is 0. The highest BCUT2D eigenvalue weighted by atomic mass is 35.5. The fourth-order valence-electron chi connectivity index (χ4n) is 3.05. The number of carbonyl (C=O) groups is 1. The fourth-order valence-corrected chi connectivity index (χ4v) is 3.05. The van der Waals surface area contributed by atoms with Gasteiger partial charge < -0.3 is 15.5 Å². The van der Waals surface area contributed by atoms with E-state index in [0.717, 1.165) is 64.8 Å². The molecule has 0 aromatic heterocycles. The van der Waals surface area contributed by atoms with Crippen molar-refractivity contribution < 1.29 is 4.79 Å².